The van der Waals surface area contributed by atoms with E-state index in [1.165, 1.54) is 11.6 Å². The smallest absolute Gasteiger partial charge is 0.354 e. The normalized spacial score (nSPS) is 16.8. The predicted octanol–water partition coefficient (Wildman–Crippen LogP) is 2.54. The van der Waals surface area contributed by atoms with Crippen LogP contribution >= 0.6 is 0 Å². The molecular formula is C18H21N3O3. The van der Waals surface area contributed by atoms with Crippen molar-refractivity contribution in [3.8, 4) is 11.4 Å². The molecule has 1 atom stereocenters. The minimum atomic E-state index is -1.04. The highest BCUT2D eigenvalue weighted by atomic mass is 16.5. The fraction of sp³-hybridized carbons (Fsp3) is 0.389. The number of aromatic nitrogens is 2. The largest absolute Gasteiger partial charge is 0.477 e. The molecule has 6 heteroatoms. The van der Waals surface area contributed by atoms with Crippen molar-refractivity contribution in [3.05, 3.63) is 47.3 Å². The second-order valence-electron chi connectivity index (χ2n) is 5.97. The van der Waals surface area contributed by atoms with Gasteiger partial charge in [0.2, 0.25) is 0 Å². The van der Waals surface area contributed by atoms with E-state index in [2.05, 4.69) is 33.9 Å². The van der Waals surface area contributed by atoms with Crippen LogP contribution in [0.5, 0.6) is 0 Å². The molecule has 3 rings (SSSR count). The number of morpholine rings is 1. The molecule has 1 aromatic heterocycles. The van der Waals surface area contributed by atoms with Crippen LogP contribution in [0, 0.1) is 6.92 Å². The summed E-state index contributed by atoms with van der Waals surface area (Å²) < 4.78 is 5.40. The number of rotatable bonds is 4. The van der Waals surface area contributed by atoms with Crippen LogP contribution in [-0.4, -0.2) is 52.2 Å². The Kier molecular flexibility index (Phi) is 4.87. The Morgan fingerprint density at radius 3 is 2.50 bits per heavy atom. The molecule has 1 N–H and O–H groups in total. The number of aryl methyl sites for hydroxylation is 1. The number of hydrogen-bond acceptors (Lipinski definition) is 5. The number of aromatic carboxylic acids is 1. The summed E-state index contributed by atoms with van der Waals surface area (Å²) in [6.45, 7) is 7.38. The van der Waals surface area contributed by atoms with Gasteiger partial charge in [0.1, 0.15) is 0 Å². The Hall–Kier alpha value is -2.31. The molecule has 6 nitrogen and oxygen atoms in total. The van der Waals surface area contributed by atoms with Crippen LogP contribution in [0.3, 0.4) is 0 Å². The molecule has 1 aliphatic rings. The van der Waals surface area contributed by atoms with Crippen LogP contribution < -0.4 is 0 Å². The number of nitrogens with zero attached hydrogens (tertiary/aromatic N) is 3. The first-order valence-electron chi connectivity index (χ1n) is 8.05. The first-order valence-corrected chi connectivity index (χ1v) is 8.05. The fourth-order valence-corrected chi connectivity index (χ4v) is 2.89. The van der Waals surface area contributed by atoms with Crippen molar-refractivity contribution in [2.45, 2.75) is 19.9 Å². The third-order valence-electron chi connectivity index (χ3n) is 4.32. The van der Waals surface area contributed by atoms with Gasteiger partial charge in [0, 0.05) is 30.4 Å². The molecule has 0 spiro atoms. The summed E-state index contributed by atoms with van der Waals surface area (Å²) in [5.74, 6) is -0.600. The lowest BCUT2D eigenvalue weighted by Gasteiger charge is -2.32. The Labute approximate surface area is 141 Å². The molecule has 0 saturated carbocycles. The van der Waals surface area contributed by atoms with E-state index in [1.54, 1.807) is 6.92 Å². The Bertz CT molecular complexity index is 725. The van der Waals surface area contributed by atoms with Crippen molar-refractivity contribution in [3.63, 3.8) is 0 Å². The van der Waals surface area contributed by atoms with E-state index < -0.39 is 5.97 Å². The zero-order valence-corrected chi connectivity index (χ0v) is 13.9. The van der Waals surface area contributed by atoms with Crippen LogP contribution in [0.25, 0.3) is 11.4 Å². The van der Waals surface area contributed by atoms with Crippen LogP contribution in [0.2, 0.25) is 0 Å². The standard InChI is InChI=1S/C18H21N3O3/c1-12-11-16(18(22)23)20-17(19-12)15-5-3-14(4-6-15)13(2)21-7-9-24-10-8-21/h3-6,11,13H,7-10H2,1-2H3,(H,22,23)/t13-/m1/s1. The van der Waals surface area contributed by atoms with Crippen LogP contribution in [0.15, 0.2) is 30.3 Å². The van der Waals surface area contributed by atoms with Crippen LogP contribution in [-0.2, 0) is 4.74 Å². The van der Waals surface area contributed by atoms with Gasteiger partial charge in [0.05, 0.1) is 13.2 Å². The first-order chi connectivity index (χ1) is 11.5. The van der Waals surface area contributed by atoms with E-state index in [0.29, 0.717) is 17.6 Å². The van der Waals surface area contributed by atoms with Crippen molar-refractivity contribution < 1.29 is 14.6 Å². The number of ether oxygens (including phenoxy) is 1. The number of carboxylic acid groups (broad SMARTS) is 1. The number of hydrogen-bond donors (Lipinski definition) is 1. The molecule has 2 aromatic rings. The highest BCUT2D eigenvalue weighted by Gasteiger charge is 2.18. The molecule has 0 amide bonds. The van der Waals surface area contributed by atoms with Crippen molar-refractivity contribution in [1.29, 1.82) is 0 Å². The summed E-state index contributed by atoms with van der Waals surface area (Å²) >= 11 is 0. The maximum absolute atomic E-state index is 11.1. The third-order valence-corrected chi connectivity index (χ3v) is 4.32. The molecule has 2 heterocycles. The summed E-state index contributed by atoms with van der Waals surface area (Å²) in [6.07, 6.45) is 0. The van der Waals surface area contributed by atoms with Gasteiger partial charge < -0.3 is 9.84 Å². The zero-order valence-electron chi connectivity index (χ0n) is 13.9. The highest BCUT2D eigenvalue weighted by Crippen LogP contribution is 2.24. The third kappa shape index (κ3) is 3.60. The van der Waals surface area contributed by atoms with Gasteiger partial charge in [-0.15, -0.1) is 0 Å². The van der Waals surface area contributed by atoms with Gasteiger partial charge in [-0.25, -0.2) is 14.8 Å². The lowest BCUT2D eigenvalue weighted by molar-refractivity contribution is 0.0198. The summed E-state index contributed by atoms with van der Waals surface area (Å²) in [6, 6.07) is 9.81. The molecule has 24 heavy (non-hydrogen) atoms. The van der Waals surface area contributed by atoms with Gasteiger partial charge in [0.25, 0.3) is 0 Å². The Balaban J connectivity index is 1.83. The van der Waals surface area contributed by atoms with Crippen molar-refractivity contribution >= 4 is 5.97 Å². The summed E-state index contributed by atoms with van der Waals surface area (Å²) in [4.78, 5) is 22.0. The fourth-order valence-electron chi connectivity index (χ4n) is 2.89. The summed E-state index contributed by atoms with van der Waals surface area (Å²) in [7, 11) is 0. The molecule has 0 radical (unpaired) electrons. The highest BCUT2D eigenvalue weighted by molar-refractivity contribution is 5.86. The lowest BCUT2D eigenvalue weighted by Crippen LogP contribution is -2.37. The van der Waals surface area contributed by atoms with E-state index >= 15 is 0 Å². The summed E-state index contributed by atoms with van der Waals surface area (Å²) in [5, 5.41) is 9.14. The molecule has 0 aliphatic carbocycles. The second kappa shape index (κ2) is 7.07. The minimum absolute atomic E-state index is 0.0169. The lowest BCUT2D eigenvalue weighted by atomic mass is 10.0. The SMILES string of the molecule is Cc1cc(C(=O)O)nc(-c2ccc([C@@H](C)N3CCOCC3)cc2)n1. The number of carbonyl (C=O) groups is 1. The molecular weight excluding hydrogens is 306 g/mol. The molecule has 0 bridgehead atoms. The van der Waals surface area contributed by atoms with Gasteiger partial charge in [-0.2, -0.15) is 0 Å². The van der Waals surface area contributed by atoms with E-state index in [9.17, 15) is 4.79 Å². The van der Waals surface area contributed by atoms with E-state index in [0.717, 1.165) is 31.9 Å². The second-order valence-corrected chi connectivity index (χ2v) is 5.97. The Morgan fingerprint density at radius 2 is 1.88 bits per heavy atom. The Morgan fingerprint density at radius 1 is 1.21 bits per heavy atom. The average Bonchev–Trinajstić information content (AvgIpc) is 2.61. The molecule has 1 aromatic carbocycles. The molecule has 0 unspecified atom stereocenters. The van der Waals surface area contributed by atoms with Gasteiger partial charge in [0.15, 0.2) is 11.5 Å². The van der Waals surface area contributed by atoms with Crippen molar-refractivity contribution in [1.82, 2.24) is 14.9 Å². The monoisotopic (exact) mass is 327 g/mol. The molecule has 126 valence electrons. The molecule has 1 aliphatic heterocycles. The van der Waals surface area contributed by atoms with E-state index in [-0.39, 0.29) is 5.69 Å². The van der Waals surface area contributed by atoms with E-state index in [4.69, 9.17) is 9.84 Å². The maximum Gasteiger partial charge on any atom is 0.354 e. The number of benzene rings is 1. The van der Waals surface area contributed by atoms with Gasteiger partial charge >= 0.3 is 5.97 Å². The van der Waals surface area contributed by atoms with Crippen LogP contribution in [0.1, 0.15) is 34.7 Å². The van der Waals surface area contributed by atoms with E-state index in [1.807, 2.05) is 12.1 Å². The quantitative estimate of drug-likeness (QED) is 0.930. The minimum Gasteiger partial charge on any atom is -0.477 e. The maximum atomic E-state index is 11.1. The van der Waals surface area contributed by atoms with Crippen molar-refractivity contribution in [2.24, 2.45) is 0 Å². The molecule has 1 saturated heterocycles. The van der Waals surface area contributed by atoms with Gasteiger partial charge in [-0.3, -0.25) is 4.90 Å². The average molecular weight is 327 g/mol. The predicted molar refractivity (Wildman–Crippen MR) is 90.0 cm³/mol. The topological polar surface area (TPSA) is 75.5 Å². The number of carboxylic acids is 1. The van der Waals surface area contributed by atoms with Crippen LogP contribution in [0.4, 0.5) is 0 Å². The molecule has 1 fully saturated rings. The van der Waals surface area contributed by atoms with Gasteiger partial charge in [-0.05, 0) is 25.5 Å². The summed E-state index contributed by atoms with van der Waals surface area (Å²) in [5.41, 5.74) is 2.69. The van der Waals surface area contributed by atoms with Gasteiger partial charge in [-0.1, -0.05) is 24.3 Å². The van der Waals surface area contributed by atoms with Crippen molar-refractivity contribution in [2.75, 3.05) is 26.3 Å². The zero-order chi connectivity index (χ0) is 17.1. The first kappa shape index (κ1) is 16.5.